The maximum Gasteiger partial charge on any atom is 0.271 e. The SMILES string of the molecule is CN(CCNc1ccc([N+](=O)[O-])cc1Cl)C1CC1. The average Bonchev–Trinajstić information content (AvgIpc) is 3.14. The highest BCUT2D eigenvalue weighted by atomic mass is 35.5. The fourth-order valence-electron chi connectivity index (χ4n) is 1.83. The lowest BCUT2D eigenvalue weighted by molar-refractivity contribution is -0.384. The molecule has 0 radical (unpaired) electrons. The lowest BCUT2D eigenvalue weighted by Crippen LogP contribution is -2.27. The van der Waals surface area contributed by atoms with Crippen molar-refractivity contribution in [2.45, 2.75) is 18.9 Å². The zero-order valence-electron chi connectivity index (χ0n) is 10.2. The quantitative estimate of drug-likeness (QED) is 0.637. The van der Waals surface area contributed by atoms with Crippen LogP contribution in [0, 0.1) is 10.1 Å². The Morgan fingerprint density at radius 3 is 2.83 bits per heavy atom. The topological polar surface area (TPSA) is 58.4 Å². The van der Waals surface area contributed by atoms with Crippen molar-refractivity contribution in [1.29, 1.82) is 0 Å². The van der Waals surface area contributed by atoms with Crippen molar-refractivity contribution in [3.63, 3.8) is 0 Å². The Balaban J connectivity index is 1.86. The number of nitro benzene ring substituents is 1. The summed E-state index contributed by atoms with van der Waals surface area (Å²) in [6.07, 6.45) is 2.57. The van der Waals surface area contributed by atoms with Crippen LogP contribution in [0.25, 0.3) is 0 Å². The van der Waals surface area contributed by atoms with Gasteiger partial charge in [-0.05, 0) is 26.0 Å². The third-order valence-corrected chi connectivity index (χ3v) is 3.43. The molecule has 1 aliphatic carbocycles. The number of hydrogen-bond donors (Lipinski definition) is 1. The maximum absolute atomic E-state index is 10.6. The van der Waals surface area contributed by atoms with Crippen LogP contribution in [0.15, 0.2) is 18.2 Å². The number of hydrogen-bond acceptors (Lipinski definition) is 4. The fourth-order valence-corrected chi connectivity index (χ4v) is 2.07. The molecule has 0 bridgehead atoms. The number of anilines is 1. The van der Waals surface area contributed by atoms with Crippen molar-refractivity contribution < 1.29 is 4.92 Å². The second kappa shape index (κ2) is 5.54. The number of non-ortho nitro benzene ring substituents is 1. The van der Waals surface area contributed by atoms with Gasteiger partial charge in [0.15, 0.2) is 0 Å². The third kappa shape index (κ3) is 3.34. The molecule has 0 amide bonds. The molecule has 1 aliphatic rings. The van der Waals surface area contributed by atoms with Crippen LogP contribution in [0.5, 0.6) is 0 Å². The Morgan fingerprint density at radius 1 is 1.56 bits per heavy atom. The second-order valence-corrected chi connectivity index (χ2v) is 4.97. The molecule has 2 rings (SSSR count). The Morgan fingerprint density at radius 2 is 2.28 bits per heavy atom. The summed E-state index contributed by atoms with van der Waals surface area (Å²) < 4.78 is 0. The van der Waals surface area contributed by atoms with Crippen molar-refractivity contribution >= 4 is 23.0 Å². The van der Waals surface area contributed by atoms with E-state index >= 15 is 0 Å². The largest absolute Gasteiger partial charge is 0.383 e. The van der Waals surface area contributed by atoms with E-state index in [1.807, 2.05) is 0 Å². The first-order chi connectivity index (χ1) is 8.58. The molecule has 1 aromatic rings. The highest BCUT2D eigenvalue weighted by Crippen LogP contribution is 2.27. The van der Waals surface area contributed by atoms with Crippen LogP contribution in [-0.2, 0) is 0 Å². The molecule has 98 valence electrons. The zero-order valence-corrected chi connectivity index (χ0v) is 11.0. The molecule has 0 aromatic heterocycles. The van der Waals surface area contributed by atoms with Gasteiger partial charge in [-0.1, -0.05) is 11.6 Å². The van der Waals surface area contributed by atoms with Crippen molar-refractivity contribution in [1.82, 2.24) is 4.90 Å². The lowest BCUT2D eigenvalue weighted by Gasteiger charge is -2.16. The molecule has 0 aliphatic heterocycles. The molecule has 18 heavy (non-hydrogen) atoms. The van der Waals surface area contributed by atoms with Gasteiger partial charge in [0.25, 0.3) is 5.69 Å². The van der Waals surface area contributed by atoms with Gasteiger partial charge in [-0.25, -0.2) is 0 Å². The highest BCUT2D eigenvalue weighted by Gasteiger charge is 2.25. The van der Waals surface area contributed by atoms with E-state index in [4.69, 9.17) is 11.6 Å². The monoisotopic (exact) mass is 269 g/mol. The van der Waals surface area contributed by atoms with Crippen molar-refractivity contribution in [3.8, 4) is 0 Å². The van der Waals surface area contributed by atoms with Gasteiger partial charge >= 0.3 is 0 Å². The summed E-state index contributed by atoms with van der Waals surface area (Å²) in [5, 5.41) is 14.2. The summed E-state index contributed by atoms with van der Waals surface area (Å²) in [5.41, 5.74) is 0.757. The minimum absolute atomic E-state index is 0.0145. The summed E-state index contributed by atoms with van der Waals surface area (Å²) in [6.45, 7) is 1.72. The first-order valence-corrected chi connectivity index (χ1v) is 6.34. The molecule has 0 saturated heterocycles. The van der Waals surface area contributed by atoms with Gasteiger partial charge in [-0.2, -0.15) is 0 Å². The summed E-state index contributed by atoms with van der Waals surface area (Å²) in [5.74, 6) is 0. The summed E-state index contributed by atoms with van der Waals surface area (Å²) in [7, 11) is 2.11. The van der Waals surface area contributed by atoms with Crippen LogP contribution in [-0.4, -0.2) is 36.0 Å². The van der Waals surface area contributed by atoms with E-state index in [2.05, 4.69) is 17.3 Å². The predicted molar refractivity (Wildman–Crippen MR) is 72.2 cm³/mol. The van der Waals surface area contributed by atoms with Crippen LogP contribution in [0.3, 0.4) is 0 Å². The highest BCUT2D eigenvalue weighted by molar-refractivity contribution is 6.33. The first kappa shape index (κ1) is 13.1. The molecule has 0 heterocycles. The van der Waals surface area contributed by atoms with Gasteiger partial charge in [0, 0.05) is 31.3 Å². The summed E-state index contributed by atoms with van der Waals surface area (Å²) in [6, 6.07) is 5.21. The maximum atomic E-state index is 10.6. The van der Waals surface area contributed by atoms with Gasteiger partial charge in [0.1, 0.15) is 0 Å². The van der Waals surface area contributed by atoms with Crippen LogP contribution in [0.4, 0.5) is 11.4 Å². The number of halogens is 1. The van der Waals surface area contributed by atoms with Crippen LogP contribution < -0.4 is 5.32 Å². The van der Waals surface area contributed by atoms with Gasteiger partial charge in [0.05, 0.1) is 15.6 Å². The van der Waals surface area contributed by atoms with E-state index in [0.29, 0.717) is 5.02 Å². The summed E-state index contributed by atoms with van der Waals surface area (Å²) >= 11 is 5.98. The minimum Gasteiger partial charge on any atom is -0.383 e. The number of rotatable bonds is 6. The Kier molecular flexibility index (Phi) is 4.04. The van der Waals surface area contributed by atoms with Gasteiger partial charge in [-0.15, -0.1) is 0 Å². The van der Waals surface area contributed by atoms with Crippen molar-refractivity contribution in [2.24, 2.45) is 0 Å². The number of likely N-dealkylation sites (N-methyl/N-ethyl adjacent to an activating group) is 1. The van der Waals surface area contributed by atoms with E-state index < -0.39 is 4.92 Å². The Labute approximate surface area is 111 Å². The molecule has 1 aromatic carbocycles. The molecule has 1 N–H and O–H groups in total. The van der Waals surface area contributed by atoms with Crippen LogP contribution >= 0.6 is 11.6 Å². The van der Waals surface area contributed by atoms with Crippen LogP contribution in [0.2, 0.25) is 5.02 Å². The number of nitrogens with zero attached hydrogens (tertiary/aromatic N) is 2. The van der Waals surface area contributed by atoms with Crippen LogP contribution in [0.1, 0.15) is 12.8 Å². The second-order valence-electron chi connectivity index (χ2n) is 4.56. The predicted octanol–water partition coefficient (Wildman–Crippen LogP) is 2.75. The molecule has 5 nitrogen and oxygen atoms in total. The average molecular weight is 270 g/mol. The standard InChI is InChI=1S/C12H16ClN3O2/c1-15(9-2-3-9)7-6-14-12-5-4-10(16(17)18)8-11(12)13/h4-5,8-9,14H,2-3,6-7H2,1H3. The molecule has 0 unspecified atom stereocenters. The number of nitro groups is 1. The Hall–Kier alpha value is -1.33. The molecule has 6 heteroatoms. The Bertz CT molecular complexity index is 449. The molecule has 1 saturated carbocycles. The lowest BCUT2D eigenvalue weighted by atomic mass is 10.3. The van der Waals surface area contributed by atoms with Crippen molar-refractivity contribution in [3.05, 3.63) is 33.3 Å². The fraction of sp³-hybridized carbons (Fsp3) is 0.500. The minimum atomic E-state index is -0.448. The van der Waals surface area contributed by atoms with E-state index in [1.54, 1.807) is 6.07 Å². The first-order valence-electron chi connectivity index (χ1n) is 5.96. The summed E-state index contributed by atoms with van der Waals surface area (Å²) in [4.78, 5) is 12.4. The van der Waals surface area contributed by atoms with E-state index in [1.165, 1.54) is 25.0 Å². The third-order valence-electron chi connectivity index (χ3n) is 3.11. The molecular weight excluding hydrogens is 254 g/mol. The van der Waals surface area contributed by atoms with E-state index in [9.17, 15) is 10.1 Å². The molecule has 1 fully saturated rings. The molecular formula is C12H16ClN3O2. The van der Waals surface area contributed by atoms with Crippen molar-refractivity contribution in [2.75, 3.05) is 25.5 Å². The van der Waals surface area contributed by atoms with E-state index in [0.717, 1.165) is 24.8 Å². The normalized spacial score (nSPS) is 14.8. The number of benzene rings is 1. The molecule has 0 spiro atoms. The molecule has 0 atom stereocenters. The van der Waals surface area contributed by atoms with E-state index in [-0.39, 0.29) is 5.69 Å². The smallest absolute Gasteiger partial charge is 0.271 e. The number of nitrogens with one attached hydrogen (secondary N) is 1. The van der Waals surface area contributed by atoms with Gasteiger partial charge in [-0.3, -0.25) is 10.1 Å². The van der Waals surface area contributed by atoms with Gasteiger partial charge < -0.3 is 10.2 Å². The zero-order chi connectivity index (χ0) is 13.1. The van der Waals surface area contributed by atoms with Gasteiger partial charge in [0.2, 0.25) is 0 Å².